The van der Waals surface area contributed by atoms with Crippen LogP contribution in [0.3, 0.4) is 0 Å². The summed E-state index contributed by atoms with van der Waals surface area (Å²) in [6.07, 6.45) is 1.97. The van der Waals surface area contributed by atoms with E-state index in [1.807, 2.05) is 13.8 Å². The minimum atomic E-state index is -0.134. The van der Waals surface area contributed by atoms with Gasteiger partial charge in [-0.1, -0.05) is 25.2 Å². The van der Waals surface area contributed by atoms with E-state index in [1.165, 1.54) is 11.3 Å². The van der Waals surface area contributed by atoms with Crippen LogP contribution in [-0.4, -0.2) is 35.4 Å². The van der Waals surface area contributed by atoms with Gasteiger partial charge in [0.25, 0.3) is 5.91 Å². The molecular weight excluding hydrogens is 238 g/mol. The molecule has 0 bridgehead atoms. The maximum absolute atomic E-state index is 11.9. The third kappa shape index (κ3) is 3.23. The molecule has 2 heterocycles. The van der Waals surface area contributed by atoms with E-state index in [4.69, 9.17) is 4.74 Å². The second kappa shape index (κ2) is 5.55. The summed E-state index contributed by atoms with van der Waals surface area (Å²) in [5, 5.41) is 12.2. The Hall–Kier alpha value is -1.01. The highest BCUT2D eigenvalue weighted by molar-refractivity contribution is 7.13. The van der Waals surface area contributed by atoms with E-state index < -0.39 is 0 Å². The second-order valence-corrected chi connectivity index (χ2v) is 5.50. The molecule has 1 aliphatic heterocycles. The molecule has 0 unspecified atom stereocenters. The van der Waals surface area contributed by atoms with Crippen molar-refractivity contribution in [2.24, 2.45) is 0 Å². The highest BCUT2D eigenvalue weighted by Crippen LogP contribution is 2.19. The molecule has 1 fully saturated rings. The van der Waals surface area contributed by atoms with Crippen LogP contribution in [0.4, 0.5) is 0 Å². The molecule has 1 N–H and O–H groups in total. The smallest absolute Gasteiger partial charge is 0.282 e. The largest absolute Gasteiger partial charge is 0.379 e. The lowest BCUT2D eigenvalue weighted by Crippen LogP contribution is -2.40. The fraction of sp³-hybridized carbons (Fsp3) is 0.727. The van der Waals surface area contributed by atoms with Crippen LogP contribution < -0.4 is 5.32 Å². The first-order valence-corrected chi connectivity index (χ1v) is 6.70. The summed E-state index contributed by atoms with van der Waals surface area (Å²) in [6, 6.07) is 0.114. The van der Waals surface area contributed by atoms with Crippen molar-refractivity contribution >= 4 is 17.2 Å². The van der Waals surface area contributed by atoms with Gasteiger partial charge in [-0.3, -0.25) is 4.79 Å². The van der Waals surface area contributed by atoms with Crippen molar-refractivity contribution in [2.75, 3.05) is 13.2 Å². The number of amides is 1. The number of carbonyl (C=O) groups is 1. The molecule has 2 rings (SSSR count). The lowest BCUT2D eigenvalue weighted by atomic mass is 10.1. The van der Waals surface area contributed by atoms with E-state index in [0.29, 0.717) is 17.5 Å². The van der Waals surface area contributed by atoms with Gasteiger partial charge in [-0.15, -0.1) is 10.2 Å². The summed E-state index contributed by atoms with van der Waals surface area (Å²) in [7, 11) is 0. The Balaban J connectivity index is 1.94. The zero-order chi connectivity index (χ0) is 12.3. The minimum absolute atomic E-state index is 0.114. The van der Waals surface area contributed by atoms with Gasteiger partial charge in [0.15, 0.2) is 0 Å². The first kappa shape index (κ1) is 12.4. The Kier molecular flexibility index (Phi) is 4.06. The molecule has 1 aromatic rings. The van der Waals surface area contributed by atoms with E-state index >= 15 is 0 Å². The van der Waals surface area contributed by atoms with Gasteiger partial charge < -0.3 is 10.1 Å². The molecule has 1 aliphatic rings. The Bertz CT molecular complexity index is 386. The third-order valence-electron chi connectivity index (χ3n) is 2.62. The van der Waals surface area contributed by atoms with Crippen LogP contribution in [0.25, 0.3) is 0 Å². The number of aromatic nitrogens is 2. The summed E-state index contributed by atoms with van der Waals surface area (Å²) in [5.74, 6) is 0.178. The zero-order valence-corrected chi connectivity index (χ0v) is 10.9. The molecule has 1 aromatic heterocycles. The summed E-state index contributed by atoms with van der Waals surface area (Å²) in [5.41, 5.74) is 0. The van der Waals surface area contributed by atoms with Gasteiger partial charge in [0.2, 0.25) is 5.01 Å². The molecule has 0 aliphatic carbocycles. The van der Waals surface area contributed by atoms with Gasteiger partial charge in [0, 0.05) is 12.5 Å². The number of ether oxygens (including phenoxy) is 1. The molecule has 6 heteroatoms. The van der Waals surface area contributed by atoms with Gasteiger partial charge in [0.1, 0.15) is 5.01 Å². The third-order valence-corrected chi connectivity index (χ3v) is 3.85. The fourth-order valence-electron chi connectivity index (χ4n) is 1.66. The van der Waals surface area contributed by atoms with Crippen molar-refractivity contribution < 1.29 is 9.53 Å². The number of rotatable bonds is 3. The monoisotopic (exact) mass is 255 g/mol. The van der Waals surface area contributed by atoms with Crippen LogP contribution in [-0.2, 0) is 4.74 Å². The number of nitrogens with one attached hydrogen (secondary N) is 1. The Labute approximate surface area is 105 Å². The highest BCUT2D eigenvalue weighted by Gasteiger charge is 2.20. The van der Waals surface area contributed by atoms with E-state index in [0.717, 1.165) is 24.5 Å². The summed E-state index contributed by atoms with van der Waals surface area (Å²) in [4.78, 5) is 11.9. The standard InChI is InChI=1S/C11H17N3O2S/c1-7(2)10-13-14-11(17-10)9(15)12-8-4-3-5-16-6-8/h7-8H,3-6H2,1-2H3,(H,12,15)/t8-/m0/s1. The van der Waals surface area contributed by atoms with Crippen molar-refractivity contribution in [3.63, 3.8) is 0 Å². The molecule has 1 atom stereocenters. The lowest BCUT2D eigenvalue weighted by Gasteiger charge is -2.22. The van der Waals surface area contributed by atoms with E-state index in [9.17, 15) is 4.79 Å². The van der Waals surface area contributed by atoms with Crippen molar-refractivity contribution in [1.82, 2.24) is 15.5 Å². The number of nitrogens with zero attached hydrogens (tertiary/aromatic N) is 2. The van der Waals surface area contributed by atoms with Gasteiger partial charge in [-0.05, 0) is 12.8 Å². The SMILES string of the molecule is CC(C)c1nnc(C(=O)N[C@H]2CCCOC2)s1. The summed E-state index contributed by atoms with van der Waals surface area (Å²) < 4.78 is 5.31. The second-order valence-electron chi connectivity index (χ2n) is 4.49. The molecule has 0 radical (unpaired) electrons. The summed E-state index contributed by atoms with van der Waals surface area (Å²) >= 11 is 1.36. The van der Waals surface area contributed by atoms with Crippen molar-refractivity contribution in [3.05, 3.63) is 10.0 Å². The van der Waals surface area contributed by atoms with Crippen LogP contribution in [0, 0.1) is 0 Å². The van der Waals surface area contributed by atoms with Crippen LogP contribution in [0.2, 0.25) is 0 Å². The predicted octanol–water partition coefficient (Wildman–Crippen LogP) is 1.57. The zero-order valence-electron chi connectivity index (χ0n) is 10.1. The van der Waals surface area contributed by atoms with Crippen LogP contribution in [0.15, 0.2) is 0 Å². The normalized spacial score (nSPS) is 20.5. The van der Waals surface area contributed by atoms with Crippen molar-refractivity contribution in [3.8, 4) is 0 Å². The quantitative estimate of drug-likeness (QED) is 0.890. The van der Waals surface area contributed by atoms with E-state index in [1.54, 1.807) is 0 Å². The van der Waals surface area contributed by atoms with Gasteiger partial charge in [0.05, 0.1) is 12.6 Å². The molecule has 94 valence electrons. The number of carbonyl (C=O) groups excluding carboxylic acids is 1. The topological polar surface area (TPSA) is 64.1 Å². The minimum Gasteiger partial charge on any atom is -0.379 e. The van der Waals surface area contributed by atoms with E-state index in [2.05, 4.69) is 15.5 Å². The Morgan fingerprint density at radius 2 is 2.35 bits per heavy atom. The summed E-state index contributed by atoms with van der Waals surface area (Å²) in [6.45, 7) is 5.47. The molecular formula is C11H17N3O2S. The van der Waals surface area contributed by atoms with Gasteiger partial charge in [-0.25, -0.2) is 0 Å². The fourth-order valence-corrected chi connectivity index (χ4v) is 2.41. The average Bonchev–Trinajstić information content (AvgIpc) is 2.79. The van der Waals surface area contributed by atoms with Crippen LogP contribution in [0.5, 0.6) is 0 Å². The first-order valence-electron chi connectivity index (χ1n) is 5.89. The molecule has 0 spiro atoms. The molecule has 0 saturated carbocycles. The average molecular weight is 255 g/mol. The van der Waals surface area contributed by atoms with E-state index in [-0.39, 0.29) is 11.9 Å². The molecule has 1 amide bonds. The first-order chi connectivity index (χ1) is 8.16. The Morgan fingerprint density at radius 1 is 1.53 bits per heavy atom. The highest BCUT2D eigenvalue weighted by atomic mass is 32.1. The maximum atomic E-state index is 11.9. The Morgan fingerprint density at radius 3 is 2.94 bits per heavy atom. The molecule has 5 nitrogen and oxygen atoms in total. The number of hydrogen-bond acceptors (Lipinski definition) is 5. The van der Waals surface area contributed by atoms with Gasteiger partial charge in [-0.2, -0.15) is 0 Å². The van der Waals surface area contributed by atoms with Crippen LogP contribution >= 0.6 is 11.3 Å². The molecule has 0 aromatic carbocycles. The van der Waals surface area contributed by atoms with Crippen molar-refractivity contribution in [1.29, 1.82) is 0 Å². The van der Waals surface area contributed by atoms with Crippen LogP contribution in [0.1, 0.15) is 47.4 Å². The maximum Gasteiger partial charge on any atom is 0.282 e. The number of hydrogen-bond donors (Lipinski definition) is 1. The lowest BCUT2D eigenvalue weighted by molar-refractivity contribution is 0.0623. The van der Waals surface area contributed by atoms with Crippen molar-refractivity contribution in [2.45, 2.75) is 38.6 Å². The molecule has 1 saturated heterocycles. The molecule has 17 heavy (non-hydrogen) atoms. The van der Waals surface area contributed by atoms with Gasteiger partial charge >= 0.3 is 0 Å². The predicted molar refractivity (Wildman–Crippen MR) is 65.3 cm³/mol.